The van der Waals surface area contributed by atoms with Gasteiger partial charge in [-0.25, -0.2) is 0 Å². The molecule has 21 heavy (non-hydrogen) atoms. The van der Waals surface area contributed by atoms with Gasteiger partial charge in [-0.3, -0.25) is 9.69 Å². The van der Waals surface area contributed by atoms with Crippen molar-refractivity contribution in [2.24, 2.45) is 5.92 Å². The molecule has 5 heteroatoms. The molecule has 0 saturated carbocycles. The zero-order chi connectivity index (χ0) is 15.2. The summed E-state index contributed by atoms with van der Waals surface area (Å²) in [5.74, 6) is 0.535. The first kappa shape index (κ1) is 16.0. The lowest BCUT2D eigenvalue weighted by Gasteiger charge is -2.31. The fourth-order valence-electron chi connectivity index (χ4n) is 2.99. The van der Waals surface area contributed by atoms with E-state index in [4.69, 9.17) is 4.74 Å². The molecule has 118 valence electrons. The number of aryl methyl sites for hydroxylation is 1. The molecule has 0 aromatic carbocycles. The maximum atomic E-state index is 11.7. The molecule has 0 aliphatic carbocycles. The molecule has 2 heterocycles. The van der Waals surface area contributed by atoms with E-state index in [0.717, 1.165) is 38.3 Å². The molecule has 5 nitrogen and oxygen atoms in total. The summed E-state index contributed by atoms with van der Waals surface area (Å²) in [5.41, 5.74) is 0.682. The van der Waals surface area contributed by atoms with Gasteiger partial charge in [0.05, 0.1) is 6.20 Å². The maximum Gasteiger partial charge on any atom is 0.223 e. The monoisotopic (exact) mass is 294 g/mol. The molecule has 1 aromatic heterocycles. The number of rotatable bonds is 6. The Hall–Kier alpha value is -1.33. The molecular formula is C16H26N2O3. The lowest BCUT2D eigenvalue weighted by molar-refractivity contribution is 0.170. The molecular weight excluding hydrogens is 268 g/mol. The minimum Gasteiger partial charge on any atom is -0.503 e. The van der Waals surface area contributed by atoms with Gasteiger partial charge in [-0.15, -0.1) is 0 Å². The van der Waals surface area contributed by atoms with Gasteiger partial charge in [0.15, 0.2) is 5.75 Å². The first-order valence-corrected chi connectivity index (χ1v) is 7.73. The first-order valence-electron chi connectivity index (χ1n) is 7.73. The molecule has 0 spiro atoms. The molecule has 1 atom stereocenters. The Labute approximate surface area is 126 Å². The van der Waals surface area contributed by atoms with Crippen LogP contribution in [0, 0.1) is 5.92 Å². The number of aromatic nitrogens is 1. The van der Waals surface area contributed by atoms with Crippen molar-refractivity contribution in [3.63, 3.8) is 0 Å². The van der Waals surface area contributed by atoms with E-state index < -0.39 is 0 Å². The van der Waals surface area contributed by atoms with Crippen LogP contribution >= 0.6 is 0 Å². The highest BCUT2D eigenvalue weighted by molar-refractivity contribution is 5.20. The summed E-state index contributed by atoms with van der Waals surface area (Å²) in [4.78, 5) is 14.1. The Kier molecular flexibility index (Phi) is 5.82. The number of methoxy groups -OCH3 is 1. The molecule has 1 fully saturated rings. The van der Waals surface area contributed by atoms with Crippen molar-refractivity contribution in [3.05, 3.63) is 28.2 Å². The van der Waals surface area contributed by atoms with E-state index in [-0.39, 0.29) is 11.2 Å². The number of ether oxygens (including phenoxy) is 1. The third-order valence-corrected chi connectivity index (χ3v) is 4.07. The van der Waals surface area contributed by atoms with Gasteiger partial charge in [0.2, 0.25) is 5.43 Å². The number of aromatic hydroxyl groups is 1. The summed E-state index contributed by atoms with van der Waals surface area (Å²) in [5, 5.41) is 9.65. The van der Waals surface area contributed by atoms with Crippen LogP contribution in [0.15, 0.2) is 17.1 Å². The van der Waals surface area contributed by atoms with Crippen LogP contribution in [0.25, 0.3) is 0 Å². The molecule has 0 bridgehead atoms. The summed E-state index contributed by atoms with van der Waals surface area (Å²) in [7, 11) is 1.68. The van der Waals surface area contributed by atoms with Crippen LogP contribution in [0.5, 0.6) is 5.75 Å². The summed E-state index contributed by atoms with van der Waals surface area (Å²) in [6, 6.07) is 1.57. The van der Waals surface area contributed by atoms with Gasteiger partial charge in [-0.1, -0.05) is 6.92 Å². The fourth-order valence-corrected chi connectivity index (χ4v) is 2.99. The van der Waals surface area contributed by atoms with Crippen molar-refractivity contribution in [1.29, 1.82) is 0 Å². The van der Waals surface area contributed by atoms with Crippen molar-refractivity contribution >= 4 is 0 Å². The molecule has 1 aromatic rings. The van der Waals surface area contributed by atoms with Gasteiger partial charge >= 0.3 is 0 Å². The third-order valence-electron chi connectivity index (χ3n) is 4.07. The standard InChI is InChI=1S/C16H26N2O3/c1-13-5-3-6-17(10-13)11-14-9-15(19)16(20)12-18(14)7-4-8-21-2/h9,12-13,20H,3-8,10-11H2,1-2H3. The molecule has 1 aliphatic heterocycles. The summed E-state index contributed by atoms with van der Waals surface area (Å²) < 4.78 is 7.05. The first-order chi connectivity index (χ1) is 10.1. The van der Waals surface area contributed by atoms with E-state index in [2.05, 4.69) is 11.8 Å². The highest BCUT2D eigenvalue weighted by Gasteiger charge is 2.18. The second-order valence-electron chi connectivity index (χ2n) is 6.04. The SMILES string of the molecule is COCCCn1cc(O)c(=O)cc1CN1CCCC(C)C1. The second-order valence-corrected chi connectivity index (χ2v) is 6.04. The highest BCUT2D eigenvalue weighted by Crippen LogP contribution is 2.18. The third kappa shape index (κ3) is 4.58. The van der Waals surface area contributed by atoms with E-state index in [9.17, 15) is 9.90 Å². The number of hydrogen-bond acceptors (Lipinski definition) is 4. The quantitative estimate of drug-likeness (QED) is 0.813. The molecule has 1 saturated heterocycles. The van der Waals surface area contributed by atoms with E-state index in [1.165, 1.54) is 12.8 Å². The predicted octanol–water partition coefficient (Wildman–Crippen LogP) is 1.82. The fraction of sp³-hybridized carbons (Fsp3) is 0.688. The Morgan fingerprint density at radius 2 is 2.29 bits per heavy atom. The van der Waals surface area contributed by atoms with Crippen molar-refractivity contribution in [1.82, 2.24) is 9.47 Å². The second kappa shape index (κ2) is 7.61. The number of likely N-dealkylation sites (tertiary alicyclic amines) is 1. The zero-order valence-electron chi connectivity index (χ0n) is 13.0. The summed E-state index contributed by atoms with van der Waals surface area (Å²) in [6.07, 6.45) is 4.92. The molecule has 2 rings (SSSR count). The zero-order valence-corrected chi connectivity index (χ0v) is 13.0. The average molecular weight is 294 g/mol. The van der Waals surface area contributed by atoms with Crippen molar-refractivity contribution < 1.29 is 9.84 Å². The lowest BCUT2D eigenvalue weighted by atomic mass is 10.0. The van der Waals surface area contributed by atoms with Crippen LogP contribution in [0.2, 0.25) is 0 Å². The van der Waals surface area contributed by atoms with Gasteiger partial charge in [-0.05, 0) is 31.7 Å². The van der Waals surface area contributed by atoms with Crippen LogP contribution < -0.4 is 5.43 Å². The largest absolute Gasteiger partial charge is 0.503 e. The van der Waals surface area contributed by atoms with E-state index >= 15 is 0 Å². The number of pyridine rings is 1. The minimum atomic E-state index is -0.293. The molecule has 1 N–H and O–H groups in total. The van der Waals surface area contributed by atoms with Gasteiger partial charge in [0.25, 0.3) is 0 Å². The number of nitrogens with zero attached hydrogens (tertiary/aromatic N) is 2. The Bertz CT molecular complexity index is 513. The number of piperidine rings is 1. The minimum absolute atomic E-state index is 0.178. The van der Waals surface area contributed by atoms with E-state index in [0.29, 0.717) is 12.5 Å². The van der Waals surface area contributed by atoms with Gasteiger partial charge in [-0.2, -0.15) is 0 Å². The van der Waals surface area contributed by atoms with Crippen LogP contribution in [0.4, 0.5) is 0 Å². The molecule has 1 unspecified atom stereocenters. The number of hydrogen-bond donors (Lipinski definition) is 1. The Balaban J connectivity index is 2.11. The Morgan fingerprint density at radius 1 is 1.48 bits per heavy atom. The van der Waals surface area contributed by atoms with Crippen LogP contribution in [-0.2, 0) is 17.8 Å². The van der Waals surface area contributed by atoms with E-state index in [1.807, 2.05) is 4.57 Å². The maximum absolute atomic E-state index is 11.7. The Morgan fingerprint density at radius 3 is 3.00 bits per heavy atom. The molecule has 0 amide bonds. The molecule has 0 radical (unpaired) electrons. The van der Waals surface area contributed by atoms with Crippen molar-refractivity contribution in [3.8, 4) is 5.75 Å². The van der Waals surface area contributed by atoms with Gasteiger partial charge in [0, 0.05) is 45.1 Å². The molecule has 1 aliphatic rings. The topological polar surface area (TPSA) is 54.7 Å². The average Bonchev–Trinajstić information content (AvgIpc) is 2.44. The van der Waals surface area contributed by atoms with Gasteiger partial charge in [0.1, 0.15) is 0 Å². The van der Waals surface area contributed by atoms with Crippen LogP contribution in [-0.4, -0.2) is 41.4 Å². The summed E-state index contributed by atoms with van der Waals surface area (Å²) in [6.45, 7) is 6.62. The van der Waals surface area contributed by atoms with Crippen LogP contribution in [0.1, 0.15) is 31.9 Å². The predicted molar refractivity (Wildman–Crippen MR) is 82.5 cm³/mol. The normalized spacial score (nSPS) is 19.8. The smallest absolute Gasteiger partial charge is 0.223 e. The summed E-state index contributed by atoms with van der Waals surface area (Å²) >= 11 is 0. The highest BCUT2D eigenvalue weighted by atomic mass is 16.5. The van der Waals surface area contributed by atoms with Crippen molar-refractivity contribution in [2.45, 2.75) is 39.3 Å². The van der Waals surface area contributed by atoms with E-state index in [1.54, 1.807) is 19.4 Å². The van der Waals surface area contributed by atoms with Crippen molar-refractivity contribution in [2.75, 3.05) is 26.8 Å². The lowest BCUT2D eigenvalue weighted by Crippen LogP contribution is -2.35. The van der Waals surface area contributed by atoms with Gasteiger partial charge < -0.3 is 14.4 Å². The van der Waals surface area contributed by atoms with Crippen LogP contribution in [0.3, 0.4) is 0 Å².